The lowest BCUT2D eigenvalue weighted by Gasteiger charge is -2.34. The van der Waals surface area contributed by atoms with Crippen molar-refractivity contribution in [3.8, 4) is 0 Å². The maximum atomic E-state index is 6.40. The van der Waals surface area contributed by atoms with Crippen LogP contribution in [-0.4, -0.2) is 50.5 Å². The summed E-state index contributed by atoms with van der Waals surface area (Å²) in [7, 11) is 4.52. The molecular weight excluding hydrogens is 370 g/mol. The van der Waals surface area contributed by atoms with Crippen LogP contribution in [-0.2, 0) is 16.0 Å². The van der Waals surface area contributed by atoms with Crippen LogP contribution in [0.2, 0.25) is 0 Å². The third-order valence-corrected chi connectivity index (χ3v) is 5.62. The zero-order chi connectivity index (χ0) is 22.0. The lowest BCUT2D eigenvalue weighted by atomic mass is 9.83. The number of hydrogen-bond acceptors (Lipinski definition) is 2. The number of benzene rings is 1. The van der Waals surface area contributed by atoms with Gasteiger partial charge in [0.15, 0.2) is 0 Å². The van der Waals surface area contributed by atoms with Crippen LogP contribution in [0, 0.1) is 11.8 Å². The Kier molecular flexibility index (Phi) is 9.80. The molecule has 0 fully saturated rings. The van der Waals surface area contributed by atoms with Crippen molar-refractivity contribution in [2.75, 3.05) is 40.5 Å². The van der Waals surface area contributed by atoms with E-state index in [0.29, 0.717) is 25.0 Å². The molecule has 1 unspecified atom stereocenters. The summed E-state index contributed by atoms with van der Waals surface area (Å²) < 4.78 is 13.3. The van der Waals surface area contributed by atoms with Crippen LogP contribution in [0.25, 0.3) is 0 Å². The van der Waals surface area contributed by atoms with Crippen LogP contribution in [0.3, 0.4) is 0 Å². The van der Waals surface area contributed by atoms with Crippen molar-refractivity contribution in [2.24, 2.45) is 11.8 Å². The predicted octanol–water partition coefficient (Wildman–Crippen LogP) is 6.01. The van der Waals surface area contributed by atoms with Crippen molar-refractivity contribution in [3.05, 3.63) is 59.7 Å². The lowest BCUT2D eigenvalue weighted by Crippen LogP contribution is -2.41. The second-order valence-electron chi connectivity index (χ2n) is 10.3. The number of ether oxygens (including phenoxy) is 2. The number of rotatable bonds is 13. The number of allylic oxidation sites excluding steroid dienone is 2. The van der Waals surface area contributed by atoms with E-state index >= 15 is 0 Å². The predicted molar refractivity (Wildman–Crippen MR) is 127 cm³/mol. The van der Waals surface area contributed by atoms with Crippen molar-refractivity contribution in [1.29, 1.82) is 0 Å². The van der Waals surface area contributed by atoms with E-state index in [1.807, 2.05) is 0 Å². The molecule has 0 bridgehead atoms. The van der Waals surface area contributed by atoms with E-state index in [4.69, 9.17) is 9.47 Å². The smallest absolute Gasteiger partial charge is 0.104 e. The highest BCUT2D eigenvalue weighted by atomic mass is 16.5. The second kappa shape index (κ2) is 11.8. The molecule has 1 aliphatic carbocycles. The Labute approximate surface area is 185 Å². The Morgan fingerprint density at radius 2 is 1.70 bits per heavy atom. The van der Waals surface area contributed by atoms with Gasteiger partial charge in [-0.3, -0.25) is 0 Å². The van der Waals surface area contributed by atoms with Gasteiger partial charge in [0.05, 0.1) is 39.5 Å². The molecule has 0 spiro atoms. The molecule has 0 saturated carbocycles. The molecule has 3 heteroatoms. The maximum Gasteiger partial charge on any atom is 0.104 e. The average Bonchev–Trinajstić information content (AvgIpc) is 2.66. The van der Waals surface area contributed by atoms with Crippen molar-refractivity contribution < 1.29 is 14.0 Å². The molecule has 1 atom stereocenters. The molecule has 0 heterocycles. The fraction of sp³-hybridized carbons (Fsp3) is 0.630. The Balaban J connectivity index is 1.73. The molecular formula is C27H44NO2+. The molecule has 0 aliphatic heterocycles. The minimum atomic E-state index is -0.166. The van der Waals surface area contributed by atoms with E-state index < -0.39 is 0 Å². The quantitative estimate of drug-likeness (QED) is 0.290. The molecule has 0 N–H and O–H groups in total. The zero-order valence-corrected chi connectivity index (χ0v) is 20.2. The first-order chi connectivity index (χ1) is 14.2. The van der Waals surface area contributed by atoms with Crippen LogP contribution in [0.15, 0.2) is 54.1 Å². The Morgan fingerprint density at radius 1 is 0.967 bits per heavy atom. The van der Waals surface area contributed by atoms with E-state index in [0.717, 1.165) is 43.4 Å². The SMILES string of the molecule is CC(C)CC1=CCC(CC(C)C)(OCCOCC[N+](C)(C)Cc2ccccc2)C=C1. The molecule has 3 nitrogen and oxygen atoms in total. The van der Waals surface area contributed by atoms with E-state index in [9.17, 15) is 0 Å². The van der Waals surface area contributed by atoms with Crippen LogP contribution in [0.4, 0.5) is 0 Å². The highest BCUT2D eigenvalue weighted by Crippen LogP contribution is 2.33. The fourth-order valence-corrected chi connectivity index (χ4v) is 4.20. The number of hydrogen-bond donors (Lipinski definition) is 0. The van der Waals surface area contributed by atoms with Gasteiger partial charge in [0.25, 0.3) is 0 Å². The van der Waals surface area contributed by atoms with Gasteiger partial charge in [0.2, 0.25) is 0 Å². The molecule has 1 aromatic rings. The monoisotopic (exact) mass is 414 g/mol. The standard InChI is InChI=1S/C27H44NO2/c1-23(2)20-25-12-14-27(15-13-25,21-24(3)4)30-19-18-29-17-16-28(5,6)22-26-10-8-7-9-11-26/h7-14,23-24H,15-22H2,1-6H3/q+1. The molecule has 0 radical (unpaired) electrons. The summed E-state index contributed by atoms with van der Waals surface area (Å²) in [5.41, 5.74) is 2.65. The summed E-state index contributed by atoms with van der Waals surface area (Å²) in [6.07, 6.45) is 10.2. The minimum absolute atomic E-state index is 0.166. The maximum absolute atomic E-state index is 6.40. The Morgan fingerprint density at radius 3 is 2.30 bits per heavy atom. The summed E-state index contributed by atoms with van der Waals surface area (Å²) in [5.74, 6) is 1.30. The first kappa shape index (κ1) is 24.8. The van der Waals surface area contributed by atoms with Crippen molar-refractivity contribution in [1.82, 2.24) is 0 Å². The number of likely N-dealkylation sites (N-methyl/N-ethyl adjacent to an activating group) is 1. The van der Waals surface area contributed by atoms with Crippen molar-refractivity contribution in [2.45, 2.75) is 59.1 Å². The molecule has 0 saturated heterocycles. The van der Waals surface area contributed by atoms with E-state index in [2.05, 4.69) is 90.4 Å². The van der Waals surface area contributed by atoms with Crippen molar-refractivity contribution in [3.63, 3.8) is 0 Å². The van der Waals surface area contributed by atoms with Gasteiger partial charge in [-0.15, -0.1) is 0 Å². The van der Waals surface area contributed by atoms with Crippen molar-refractivity contribution >= 4 is 0 Å². The first-order valence-electron chi connectivity index (χ1n) is 11.7. The molecule has 30 heavy (non-hydrogen) atoms. The van der Waals surface area contributed by atoms with Gasteiger partial charge >= 0.3 is 0 Å². The summed E-state index contributed by atoms with van der Waals surface area (Å²) in [4.78, 5) is 0. The topological polar surface area (TPSA) is 18.5 Å². The van der Waals surface area contributed by atoms with Crippen LogP contribution in [0.1, 0.15) is 52.5 Å². The zero-order valence-electron chi connectivity index (χ0n) is 20.2. The summed E-state index contributed by atoms with van der Waals surface area (Å²) in [5, 5.41) is 0. The van der Waals surface area contributed by atoms with E-state index in [1.54, 1.807) is 0 Å². The molecule has 1 aliphatic rings. The van der Waals surface area contributed by atoms with E-state index in [1.165, 1.54) is 11.1 Å². The van der Waals surface area contributed by atoms with Gasteiger partial charge in [-0.25, -0.2) is 0 Å². The Bertz CT molecular complexity index is 675. The summed E-state index contributed by atoms with van der Waals surface area (Å²) in [6, 6.07) is 10.7. The average molecular weight is 415 g/mol. The molecule has 0 amide bonds. The third-order valence-electron chi connectivity index (χ3n) is 5.62. The lowest BCUT2D eigenvalue weighted by molar-refractivity contribution is -0.904. The molecule has 168 valence electrons. The fourth-order valence-electron chi connectivity index (χ4n) is 4.20. The van der Waals surface area contributed by atoms with Gasteiger partial charge < -0.3 is 14.0 Å². The summed E-state index contributed by atoms with van der Waals surface area (Å²) >= 11 is 0. The van der Waals surface area contributed by atoms with Gasteiger partial charge in [-0.1, -0.05) is 81.8 Å². The molecule has 2 rings (SSSR count). The second-order valence-corrected chi connectivity index (χ2v) is 10.3. The highest BCUT2D eigenvalue weighted by Gasteiger charge is 2.30. The number of nitrogens with zero attached hydrogens (tertiary/aromatic N) is 1. The van der Waals surface area contributed by atoms with E-state index in [-0.39, 0.29) is 5.60 Å². The molecule has 1 aromatic carbocycles. The largest absolute Gasteiger partial charge is 0.373 e. The van der Waals surface area contributed by atoms with Gasteiger partial charge in [-0.2, -0.15) is 0 Å². The highest BCUT2D eigenvalue weighted by molar-refractivity contribution is 5.28. The van der Waals surface area contributed by atoms with Crippen LogP contribution >= 0.6 is 0 Å². The van der Waals surface area contributed by atoms with Gasteiger partial charge in [-0.05, 0) is 31.1 Å². The summed E-state index contributed by atoms with van der Waals surface area (Å²) in [6.45, 7) is 13.2. The van der Waals surface area contributed by atoms with Gasteiger partial charge in [0, 0.05) is 5.56 Å². The van der Waals surface area contributed by atoms with Crippen LogP contribution < -0.4 is 0 Å². The Hall–Kier alpha value is -1.42. The first-order valence-corrected chi connectivity index (χ1v) is 11.7. The normalized spacial score (nSPS) is 19.5. The van der Waals surface area contributed by atoms with Gasteiger partial charge in [0.1, 0.15) is 13.1 Å². The van der Waals surface area contributed by atoms with Crippen LogP contribution in [0.5, 0.6) is 0 Å². The molecule has 0 aromatic heterocycles. The number of quaternary nitrogens is 1. The minimum Gasteiger partial charge on any atom is -0.373 e. The third kappa shape index (κ3) is 9.16.